The van der Waals surface area contributed by atoms with E-state index in [4.69, 9.17) is 51.6 Å². The number of carbonyl (C=O) groups excluding carboxylic acids is 2. The molecule has 5 nitrogen and oxygen atoms in total. The van der Waals surface area contributed by atoms with Crippen molar-refractivity contribution in [3.8, 4) is 0 Å². The average molecular weight is 418 g/mol. The van der Waals surface area contributed by atoms with E-state index in [-0.39, 0.29) is 31.2 Å². The number of benzene rings is 2. The molecule has 0 fully saturated rings. The van der Waals surface area contributed by atoms with Gasteiger partial charge in [-0.1, -0.05) is 63.7 Å². The summed E-state index contributed by atoms with van der Waals surface area (Å²) < 4.78 is 0. The fourth-order valence-electron chi connectivity index (χ4n) is 2.49. The Morgan fingerprint density at radius 2 is 1.32 bits per heavy atom. The van der Waals surface area contributed by atoms with Crippen LogP contribution in [0.1, 0.15) is 33.2 Å². The largest absolute Gasteiger partial charge is 0.411 e. The number of oxime groups is 1. The van der Waals surface area contributed by atoms with E-state index < -0.39 is 11.8 Å². The van der Waals surface area contributed by atoms with Crippen LogP contribution in [0.5, 0.6) is 0 Å². The molecular weight excluding hydrogens is 410 g/mol. The second kappa shape index (κ2) is 6.50. The Balaban J connectivity index is 2.12. The summed E-state index contributed by atoms with van der Waals surface area (Å²) in [5.41, 5.74) is 1.16. The molecule has 2 aromatic carbocycles. The minimum atomic E-state index is -0.647. The zero-order chi connectivity index (χ0) is 18.5. The fraction of sp³-hybridized carbons (Fsp3) is 0.0625. The Labute approximate surface area is 162 Å². The summed E-state index contributed by atoms with van der Waals surface area (Å²) in [6.45, 7) is 1.61. The molecule has 0 saturated heterocycles. The summed E-state index contributed by atoms with van der Waals surface area (Å²) in [5, 5.41) is 11.5. The maximum atomic E-state index is 12.7. The molecule has 0 unspecified atom stereocenters. The lowest BCUT2D eigenvalue weighted by molar-refractivity contribution is 0.0926. The smallest absolute Gasteiger partial charge is 0.267 e. The third kappa shape index (κ3) is 2.68. The van der Waals surface area contributed by atoms with Gasteiger partial charge in [-0.15, -0.1) is 0 Å². The van der Waals surface area contributed by atoms with E-state index in [0.29, 0.717) is 17.0 Å². The van der Waals surface area contributed by atoms with Crippen molar-refractivity contribution in [3.05, 3.63) is 61.0 Å². The minimum absolute atomic E-state index is 0.0803. The summed E-state index contributed by atoms with van der Waals surface area (Å²) >= 11 is 24.1. The molecule has 2 aromatic rings. The summed E-state index contributed by atoms with van der Waals surface area (Å²) in [6, 6.07) is 6.29. The maximum Gasteiger partial charge on any atom is 0.267 e. The standard InChI is InChI=1S/C16H8Cl4N2O3/c1-6(21-25)7-2-4-8(5-3-7)22-15(23)9-10(16(22)24)12(18)14(20)13(19)11(9)17/h2-5,25H,1H3/b21-6-. The van der Waals surface area contributed by atoms with Gasteiger partial charge in [0.25, 0.3) is 11.8 Å². The van der Waals surface area contributed by atoms with Gasteiger partial charge in [0, 0.05) is 0 Å². The first-order chi connectivity index (χ1) is 11.8. The highest BCUT2D eigenvalue weighted by Gasteiger charge is 2.42. The van der Waals surface area contributed by atoms with E-state index in [9.17, 15) is 9.59 Å². The van der Waals surface area contributed by atoms with E-state index in [1.54, 1.807) is 19.1 Å². The molecule has 0 atom stereocenters. The summed E-state index contributed by atoms with van der Waals surface area (Å²) in [6.07, 6.45) is 0. The van der Waals surface area contributed by atoms with Crippen LogP contribution >= 0.6 is 46.4 Å². The van der Waals surface area contributed by atoms with Crippen molar-refractivity contribution < 1.29 is 14.8 Å². The lowest BCUT2D eigenvalue weighted by Crippen LogP contribution is -2.29. The van der Waals surface area contributed by atoms with Crippen molar-refractivity contribution in [3.63, 3.8) is 0 Å². The zero-order valence-corrected chi connectivity index (χ0v) is 15.5. The van der Waals surface area contributed by atoms with Crippen LogP contribution in [0.3, 0.4) is 0 Å². The van der Waals surface area contributed by atoms with Crippen LogP contribution in [0.25, 0.3) is 0 Å². The molecule has 0 spiro atoms. The van der Waals surface area contributed by atoms with Crippen LogP contribution in [0, 0.1) is 0 Å². The molecule has 0 bridgehead atoms. The highest BCUT2D eigenvalue weighted by Crippen LogP contribution is 2.45. The predicted molar refractivity (Wildman–Crippen MR) is 98.1 cm³/mol. The zero-order valence-electron chi connectivity index (χ0n) is 12.5. The van der Waals surface area contributed by atoms with Gasteiger partial charge in [0.1, 0.15) is 0 Å². The van der Waals surface area contributed by atoms with E-state index in [0.717, 1.165) is 4.90 Å². The number of halogens is 4. The Morgan fingerprint density at radius 1 is 0.880 bits per heavy atom. The number of imide groups is 1. The van der Waals surface area contributed by atoms with Crippen molar-refractivity contribution in [1.82, 2.24) is 0 Å². The van der Waals surface area contributed by atoms with E-state index in [1.165, 1.54) is 12.1 Å². The molecule has 0 aromatic heterocycles. The van der Waals surface area contributed by atoms with Gasteiger partial charge in [0.2, 0.25) is 0 Å². The normalized spacial score (nSPS) is 14.3. The number of rotatable bonds is 2. The highest BCUT2D eigenvalue weighted by atomic mass is 35.5. The van der Waals surface area contributed by atoms with Crippen molar-refractivity contribution in [2.45, 2.75) is 6.92 Å². The molecule has 3 rings (SSSR count). The molecule has 1 N–H and O–H groups in total. The van der Waals surface area contributed by atoms with Gasteiger partial charge in [0.15, 0.2) is 0 Å². The molecule has 9 heteroatoms. The third-order valence-electron chi connectivity index (χ3n) is 3.79. The second-order valence-corrected chi connectivity index (χ2v) is 6.70. The van der Waals surface area contributed by atoms with Crippen molar-refractivity contribution in [2.75, 3.05) is 4.90 Å². The molecular formula is C16H8Cl4N2O3. The first-order valence-corrected chi connectivity index (χ1v) is 8.34. The monoisotopic (exact) mass is 416 g/mol. The first-order valence-electron chi connectivity index (χ1n) is 6.83. The van der Waals surface area contributed by atoms with Crippen LogP contribution in [-0.2, 0) is 0 Å². The average Bonchev–Trinajstić information content (AvgIpc) is 2.88. The van der Waals surface area contributed by atoms with Gasteiger partial charge < -0.3 is 5.21 Å². The highest BCUT2D eigenvalue weighted by molar-refractivity contribution is 6.56. The fourth-order valence-corrected chi connectivity index (χ4v) is 3.51. The van der Waals surface area contributed by atoms with Gasteiger partial charge in [-0.05, 0) is 24.6 Å². The number of hydrogen-bond acceptors (Lipinski definition) is 4. The lowest BCUT2D eigenvalue weighted by Gasteiger charge is -2.14. The number of carbonyl (C=O) groups is 2. The van der Waals surface area contributed by atoms with Gasteiger partial charge in [-0.25, -0.2) is 4.90 Å². The molecule has 1 aliphatic heterocycles. The van der Waals surface area contributed by atoms with Crippen LogP contribution in [0.4, 0.5) is 5.69 Å². The van der Waals surface area contributed by atoms with Crippen LogP contribution in [-0.4, -0.2) is 22.7 Å². The van der Waals surface area contributed by atoms with Crippen LogP contribution < -0.4 is 4.90 Å². The van der Waals surface area contributed by atoms with Gasteiger partial charge in [-0.2, -0.15) is 0 Å². The number of hydrogen-bond donors (Lipinski definition) is 1. The molecule has 0 radical (unpaired) electrons. The van der Waals surface area contributed by atoms with Gasteiger partial charge >= 0.3 is 0 Å². The summed E-state index contributed by atoms with van der Waals surface area (Å²) in [7, 11) is 0. The second-order valence-electron chi connectivity index (χ2n) is 5.18. The Morgan fingerprint density at radius 3 is 1.72 bits per heavy atom. The molecule has 1 aliphatic rings. The molecule has 1 heterocycles. The van der Waals surface area contributed by atoms with Crippen molar-refractivity contribution in [1.29, 1.82) is 0 Å². The Kier molecular flexibility index (Phi) is 4.68. The van der Waals surface area contributed by atoms with Crippen molar-refractivity contribution in [2.24, 2.45) is 5.16 Å². The third-order valence-corrected chi connectivity index (χ3v) is 5.60. The first kappa shape index (κ1) is 18.0. The summed E-state index contributed by atoms with van der Waals surface area (Å²) in [4.78, 5) is 26.4. The quantitative estimate of drug-likeness (QED) is 0.180. The Hall–Kier alpha value is -1.79. The molecule has 2 amide bonds. The molecule has 25 heavy (non-hydrogen) atoms. The molecule has 0 saturated carbocycles. The van der Waals surface area contributed by atoms with Crippen molar-refractivity contribution >= 4 is 69.6 Å². The number of nitrogens with zero attached hydrogens (tertiary/aromatic N) is 2. The van der Waals surface area contributed by atoms with Gasteiger partial charge in [0.05, 0.1) is 42.6 Å². The van der Waals surface area contributed by atoms with Gasteiger partial charge in [-0.3, -0.25) is 9.59 Å². The SMILES string of the molecule is C/C(=N/O)c1ccc(N2C(=O)c3c(Cl)c(Cl)c(Cl)c(Cl)c3C2=O)cc1. The predicted octanol–water partition coefficient (Wildman–Crippen LogP) is 5.30. The van der Waals surface area contributed by atoms with E-state index in [2.05, 4.69) is 5.16 Å². The van der Waals surface area contributed by atoms with Crippen LogP contribution in [0.2, 0.25) is 20.1 Å². The summed E-state index contributed by atoms with van der Waals surface area (Å²) in [5.74, 6) is -1.29. The van der Waals surface area contributed by atoms with Crippen LogP contribution in [0.15, 0.2) is 29.4 Å². The number of amides is 2. The number of anilines is 1. The minimum Gasteiger partial charge on any atom is -0.411 e. The molecule has 128 valence electrons. The maximum absolute atomic E-state index is 12.7. The van der Waals surface area contributed by atoms with E-state index >= 15 is 0 Å². The van der Waals surface area contributed by atoms with E-state index in [1.807, 2.05) is 0 Å². The number of fused-ring (bicyclic) bond motifs is 1. The Bertz CT molecular complexity index is 908. The topological polar surface area (TPSA) is 70.0 Å². The molecule has 0 aliphatic carbocycles. The lowest BCUT2D eigenvalue weighted by atomic mass is 10.1.